The van der Waals surface area contributed by atoms with Gasteiger partial charge in [0.1, 0.15) is 5.75 Å². The van der Waals surface area contributed by atoms with E-state index >= 15 is 0 Å². The number of benzene rings is 1. The predicted octanol–water partition coefficient (Wildman–Crippen LogP) is 3.97. The van der Waals surface area contributed by atoms with Crippen LogP contribution in [0.25, 0.3) is 0 Å². The van der Waals surface area contributed by atoms with E-state index in [1.807, 2.05) is 19.2 Å². The molecule has 0 spiro atoms. The highest BCUT2D eigenvalue weighted by Crippen LogP contribution is 2.29. The first-order valence-corrected chi connectivity index (χ1v) is 8.22. The minimum Gasteiger partial charge on any atom is -0.493 e. The zero-order valence-corrected chi connectivity index (χ0v) is 17.1. The second-order valence-corrected chi connectivity index (χ2v) is 6.68. The Bertz CT molecular complexity index is 501. The summed E-state index contributed by atoms with van der Waals surface area (Å²) < 4.78 is 5.72. The summed E-state index contributed by atoms with van der Waals surface area (Å²) in [5.41, 5.74) is 1.23. The Balaban J connectivity index is 0.00000264. The molecule has 1 fully saturated rings. The highest BCUT2D eigenvalue weighted by atomic mass is 127. The van der Waals surface area contributed by atoms with E-state index < -0.39 is 0 Å². The zero-order chi connectivity index (χ0) is 16.1. The summed E-state index contributed by atoms with van der Waals surface area (Å²) in [7, 11) is 1.82. The van der Waals surface area contributed by atoms with Gasteiger partial charge in [-0.3, -0.25) is 4.99 Å². The minimum atomic E-state index is 0. The Morgan fingerprint density at radius 3 is 2.35 bits per heavy atom. The van der Waals surface area contributed by atoms with Crippen molar-refractivity contribution in [2.75, 3.05) is 13.7 Å². The van der Waals surface area contributed by atoms with E-state index in [0.29, 0.717) is 12.0 Å². The fourth-order valence-electron chi connectivity index (χ4n) is 2.27. The zero-order valence-electron chi connectivity index (χ0n) is 14.8. The molecule has 1 aromatic carbocycles. The van der Waals surface area contributed by atoms with Gasteiger partial charge < -0.3 is 15.4 Å². The van der Waals surface area contributed by atoms with Gasteiger partial charge in [0.2, 0.25) is 0 Å². The van der Waals surface area contributed by atoms with E-state index in [9.17, 15) is 0 Å². The molecule has 2 N–H and O–H groups in total. The lowest BCUT2D eigenvalue weighted by Crippen LogP contribution is -2.40. The maximum absolute atomic E-state index is 5.72. The molecule has 1 aliphatic carbocycles. The number of guanidine groups is 1. The maximum Gasteiger partial charge on any atom is 0.191 e. The van der Waals surface area contributed by atoms with Crippen LogP contribution in [-0.4, -0.2) is 25.7 Å². The molecule has 3 atom stereocenters. The summed E-state index contributed by atoms with van der Waals surface area (Å²) in [4.78, 5) is 4.30. The molecule has 3 unspecified atom stereocenters. The van der Waals surface area contributed by atoms with Gasteiger partial charge in [-0.15, -0.1) is 24.0 Å². The van der Waals surface area contributed by atoms with Crippen LogP contribution in [0.2, 0.25) is 0 Å². The van der Waals surface area contributed by atoms with Gasteiger partial charge >= 0.3 is 0 Å². The normalized spacial score (nSPS) is 21.4. The van der Waals surface area contributed by atoms with Crippen LogP contribution in [0.5, 0.6) is 5.75 Å². The lowest BCUT2D eigenvalue weighted by atomic mass is 10.1. The van der Waals surface area contributed by atoms with Gasteiger partial charge in [0.15, 0.2) is 5.96 Å². The third-order valence-corrected chi connectivity index (χ3v) is 3.97. The van der Waals surface area contributed by atoms with E-state index in [0.717, 1.165) is 24.2 Å². The molecule has 0 amide bonds. The molecule has 4 nitrogen and oxygen atoms in total. The fraction of sp³-hybridized carbons (Fsp3) is 0.611. The summed E-state index contributed by atoms with van der Waals surface area (Å²) in [6, 6.07) is 9.08. The van der Waals surface area contributed by atoms with Crippen molar-refractivity contribution in [1.82, 2.24) is 10.6 Å². The molecule has 0 heterocycles. The van der Waals surface area contributed by atoms with Gasteiger partial charge in [-0.05, 0) is 42.9 Å². The van der Waals surface area contributed by atoms with Crippen molar-refractivity contribution in [1.29, 1.82) is 0 Å². The van der Waals surface area contributed by atoms with Crippen molar-refractivity contribution in [3.63, 3.8) is 0 Å². The first-order chi connectivity index (χ1) is 10.5. The summed E-state index contributed by atoms with van der Waals surface area (Å²) in [5.74, 6) is 3.10. The molecule has 0 radical (unpaired) electrons. The van der Waals surface area contributed by atoms with E-state index in [-0.39, 0.29) is 30.0 Å². The molecule has 2 rings (SSSR count). The van der Waals surface area contributed by atoms with Crippen molar-refractivity contribution in [3.05, 3.63) is 29.8 Å². The molecule has 5 heteroatoms. The number of hydrogen-bond acceptors (Lipinski definition) is 2. The summed E-state index contributed by atoms with van der Waals surface area (Å²) >= 11 is 0. The van der Waals surface area contributed by atoms with Crippen molar-refractivity contribution in [3.8, 4) is 5.75 Å². The molecule has 23 heavy (non-hydrogen) atoms. The van der Waals surface area contributed by atoms with Gasteiger partial charge in [-0.25, -0.2) is 0 Å². The topological polar surface area (TPSA) is 45.7 Å². The fourth-order valence-corrected chi connectivity index (χ4v) is 2.27. The minimum absolute atomic E-state index is 0. The van der Waals surface area contributed by atoms with Crippen molar-refractivity contribution in [2.24, 2.45) is 16.8 Å². The number of halogens is 1. The Kier molecular flexibility index (Phi) is 8.16. The largest absolute Gasteiger partial charge is 0.493 e. The average Bonchev–Trinajstić information content (AvgIpc) is 3.19. The summed E-state index contributed by atoms with van der Waals surface area (Å²) in [6.45, 7) is 9.46. The SMILES string of the molecule is CN=C(NC(C)c1ccc(OCC(C)C)cc1)NC1CC1C.I. The van der Waals surface area contributed by atoms with Crippen LogP contribution in [0.4, 0.5) is 0 Å². The number of rotatable bonds is 6. The van der Waals surface area contributed by atoms with E-state index in [4.69, 9.17) is 4.74 Å². The van der Waals surface area contributed by atoms with Crippen LogP contribution < -0.4 is 15.4 Å². The number of aliphatic imine (C=N–C) groups is 1. The predicted molar refractivity (Wildman–Crippen MR) is 108 cm³/mol. The molecule has 1 aliphatic rings. The molecule has 0 saturated heterocycles. The van der Waals surface area contributed by atoms with Gasteiger partial charge in [0.25, 0.3) is 0 Å². The van der Waals surface area contributed by atoms with Gasteiger partial charge in [-0.2, -0.15) is 0 Å². The summed E-state index contributed by atoms with van der Waals surface area (Å²) in [5, 5.41) is 6.89. The molecule has 0 aromatic heterocycles. The van der Waals surface area contributed by atoms with E-state index in [1.54, 1.807) is 0 Å². The van der Waals surface area contributed by atoms with E-state index in [1.165, 1.54) is 12.0 Å². The quantitative estimate of drug-likeness (QED) is 0.407. The average molecular weight is 431 g/mol. The van der Waals surface area contributed by atoms with Gasteiger partial charge in [-0.1, -0.05) is 32.9 Å². The Morgan fingerprint density at radius 1 is 1.26 bits per heavy atom. The third kappa shape index (κ3) is 6.57. The van der Waals surface area contributed by atoms with E-state index in [2.05, 4.69) is 55.5 Å². The van der Waals surface area contributed by atoms with Crippen molar-refractivity contribution < 1.29 is 4.74 Å². The van der Waals surface area contributed by atoms with Crippen LogP contribution >= 0.6 is 24.0 Å². The van der Waals surface area contributed by atoms with Crippen molar-refractivity contribution >= 4 is 29.9 Å². The highest BCUT2D eigenvalue weighted by Gasteiger charge is 2.33. The number of hydrogen-bond donors (Lipinski definition) is 2. The maximum atomic E-state index is 5.72. The molecular formula is C18H30IN3O. The Morgan fingerprint density at radius 2 is 1.87 bits per heavy atom. The number of ether oxygens (including phenoxy) is 1. The number of nitrogens with one attached hydrogen (secondary N) is 2. The standard InChI is InChI=1S/C18H29N3O.HI/c1-12(2)11-22-16-8-6-15(7-9-16)14(4)20-18(19-5)21-17-10-13(17)3;/h6-9,12-14,17H,10-11H2,1-5H3,(H2,19,20,21);1H. The van der Waals surface area contributed by atoms with Crippen LogP contribution in [0, 0.1) is 11.8 Å². The first kappa shape index (κ1) is 20.1. The van der Waals surface area contributed by atoms with Crippen LogP contribution in [-0.2, 0) is 0 Å². The smallest absolute Gasteiger partial charge is 0.191 e. The third-order valence-electron chi connectivity index (χ3n) is 3.97. The second kappa shape index (κ2) is 9.35. The Labute approximate surface area is 157 Å². The molecule has 130 valence electrons. The van der Waals surface area contributed by atoms with Gasteiger partial charge in [0, 0.05) is 13.1 Å². The van der Waals surface area contributed by atoms with Crippen LogP contribution in [0.3, 0.4) is 0 Å². The number of nitrogens with zero attached hydrogens (tertiary/aromatic N) is 1. The first-order valence-electron chi connectivity index (χ1n) is 8.22. The molecular weight excluding hydrogens is 401 g/mol. The molecule has 1 aromatic rings. The lowest BCUT2D eigenvalue weighted by molar-refractivity contribution is 0.271. The van der Waals surface area contributed by atoms with Gasteiger partial charge in [0.05, 0.1) is 12.6 Å². The summed E-state index contributed by atoms with van der Waals surface area (Å²) in [6.07, 6.45) is 1.23. The highest BCUT2D eigenvalue weighted by molar-refractivity contribution is 14.0. The Hall–Kier alpha value is -0.980. The second-order valence-electron chi connectivity index (χ2n) is 6.68. The van der Waals surface area contributed by atoms with Crippen LogP contribution in [0.1, 0.15) is 45.7 Å². The van der Waals surface area contributed by atoms with Crippen molar-refractivity contribution in [2.45, 2.75) is 46.2 Å². The lowest BCUT2D eigenvalue weighted by Gasteiger charge is -2.19. The molecule has 0 aliphatic heterocycles. The van der Waals surface area contributed by atoms with Crippen LogP contribution in [0.15, 0.2) is 29.3 Å². The molecule has 1 saturated carbocycles. The molecule has 0 bridgehead atoms. The monoisotopic (exact) mass is 431 g/mol.